The van der Waals surface area contributed by atoms with Crippen molar-refractivity contribution in [3.05, 3.63) is 70.0 Å². The Morgan fingerprint density at radius 3 is 2.79 bits per heavy atom. The lowest BCUT2D eigenvalue weighted by molar-refractivity contribution is -0.153. The molecule has 2 aromatic carbocycles. The van der Waals surface area contributed by atoms with E-state index in [1.807, 2.05) is 0 Å². The highest BCUT2D eigenvalue weighted by Gasteiger charge is 2.20. The van der Waals surface area contributed by atoms with Crippen LogP contribution in [0.2, 0.25) is 5.02 Å². The fourth-order valence-electron chi connectivity index (χ4n) is 2.47. The van der Waals surface area contributed by atoms with E-state index in [2.05, 4.69) is 10.3 Å². The second kappa shape index (κ2) is 8.18. The van der Waals surface area contributed by atoms with Crippen LogP contribution in [-0.2, 0) is 20.9 Å². The fraction of sp³-hybridized carbons (Fsp3) is 0.158. The largest absolute Gasteiger partial charge is 0.451 e. The molecule has 0 fully saturated rings. The summed E-state index contributed by atoms with van der Waals surface area (Å²) in [5, 5.41) is 2.86. The number of amides is 1. The molecule has 0 aliphatic rings. The molecule has 0 saturated carbocycles. The van der Waals surface area contributed by atoms with Crippen LogP contribution in [0.15, 0.2) is 53.6 Å². The van der Waals surface area contributed by atoms with Crippen molar-refractivity contribution in [3.63, 3.8) is 0 Å². The Kier molecular flexibility index (Phi) is 5.70. The molecule has 0 spiro atoms. The van der Waals surface area contributed by atoms with Gasteiger partial charge < -0.3 is 10.1 Å². The first-order chi connectivity index (χ1) is 13.3. The molecule has 3 rings (SSSR count). The molecule has 1 atom stereocenters. The van der Waals surface area contributed by atoms with E-state index in [4.69, 9.17) is 16.3 Å². The van der Waals surface area contributed by atoms with Crippen LogP contribution in [0, 0.1) is 5.82 Å². The first-order valence-electron chi connectivity index (χ1n) is 8.24. The van der Waals surface area contributed by atoms with Crippen molar-refractivity contribution in [1.29, 1.82) is 0 Å². The molecule has 0 radical (unpaired) electrons. The minimum Gasteiger partial charge on any atom is -0.451 e. The van der Waals surface area contributed by atoms with E-state index in [-0.39, 0.29) is 10.7 Å². The van der Waals surface area contributed by atoms with Crippen molar-refractivity contribution in [3.8, 4) is 0 Å². The lowest BCUT2D eigenvalue weighted by atomic mass is 10.2. The number of rotatable bonds is 5. The molecule has 7 nitrogen and oxygen atoms in total. The highest BCUT2D eigenvalue weighted by Crippen LogP contribution is 2.19. The van der Waals surface area contributed by atoms with Gasteiger partial charge in [-0.15, -0.1) is 0 Å². The van der Waals surface area contributed by atoms with Gasteiger partial charge in [-0.2, -0.15) is 0 Å². The minimum absolute atomic E-state index is 0.0905. The molecule has 0 bridgehead atoms. The van der Waals surface area contributed by atoms with Crippen molar-refractivity contribution in [1.82, 2.24) is 9.55 Å². The van der Waals surface area contributed by atoms with Crippen LogP contribution >= 0.6 is 11.6 Å². The Hall–Kier alpha value is -3.26. The first-order valence-corrected chi connectivity index (χ1v) is 8.62. The first kappa shape index (κ1) is 19.5. The summed E-state index contributed by atoms with van der Waals surface area (Å²) in [7, 11) is 0. The van der Waals surface area contributed by atoms with E-state index in [0.717, 1.165) is 10.6 Å². The zero-order valence-electron chi connectivity index (χ0n) is 14.7. The average Bonchev–Trinajstić information content (AvgIpc) is 2.66. The maximum absolute atomic E-state index is 13.7. The minimum atomic E-state index is -1.20. The van der Waals surface area contributed by atoms with Gasteiger partial charge in [-0.3, -0.25) is 19.0 Å². The molecule has 0 aliphatic carbocycles. The zero-order chi connectivity index (χ0) is 20.3. The third-order valence-electron chi connectivity index (χ3n) is 3.90. The molecule has 0 unspecified atom stereocenters. The van der Waals surface area contributed by atoms with Gasteiger partial charge in [-0.05, 0) is 37.3 Å². The van der Waals surface area contributed by atoms with Gasteiger partial charge in [0.2, 0.25) is 0 Å². The molecule has 1 N–H and O–H groups in total. The standard InChI is InChI=1S/C19H15ClFN3O4/c1-11(18(26)23-16-7-6-12(20)8-14(16)21)28-17(25)9-24-10-22-15-5-3-2-4-13(15)19(24)27/h2-8,10-11H,9H2,1H3,(H,23,26)/t11-/m1/s1. The van der Waals surface area contributed by atoms with Crippen LogP contribution in [0.4, 0.5) is 10.1 Å². The number of nitrogens with one attached hydrogen (secondary N) is 1. The van der Waals surface area contributed by atoms with E-state index in [1.165, 1.54) is 25.4 Å². The van der Waals surface area contributed by atoms with Gasteiger partial charge in [0.25, 0.3) is 11.5 Å². The van der Waals surface area contributed by atoms with E-state index in [9.17, 15) is 18.8 Å². The van der Waals surface area contributed by atoms with Gasteiger partial charge in [-0.1, -0.05) is 23.7 Å². The number of carbonyl (C=O) groups is 2. The predicted molar refractivity (Wildman–Crippen MR) is 102 cm³/mol. The van der Waals surface area contributed by atoms with Gasteiger partial charge >= 0.3 is 5.97 Å². The molecule has 144 valence electrons. The Morgan fingerprint density at radius 2 is 2.04 bits per heavy atom. The van der Waals surface area contributed by atoms with Gasteiger partial charge in [0.05, 0.1) is 22.9 Å². The van der Waals surface area contributed by atoms with Gasteiger partial charge in [0.1, 0.15) is 12.4 Å². The number of para-hydroxylation sites is 1. The molecular formula is C19H15ClFN3O4. The second-order valence-electron chi connectivity index (χ2n) is 5.94. The van der Waals surface area contributed by atoms with Crippen molar-refractivity contribution in [2.75, 3.05) is 5.32 Å². The molecule has 0 saturated heterocycles. The van der Waals surface area contributed by atoms with Crippen molar-refractivity contribution in [2.24, 2.45) is 0 Å². The highest BCUT2D eigenvalue weighted by atomic mass is 35.5. The summed E-state index contributed by atoms with van der Waals surface area (Å²) < 4.78 is 19.9. The fourth-order valence-corrected chi connectivity index (χ4v) is 2.63. The Bertz CT molecular complexity index is 1120. The summed E-state index contributed by atoms with van der Waals surface area (Å²) >= 11 is 5.66. The topological polar surface area (TPSA) is 90.3 Å². The Balaban J connectivity index is 1.65. The van der Waals surface area contributed by atoms with Crippen LogP contribution in [0.25, 0.3) is 10.9 Å². The van der Waals surface area contributed by atoms with Crippen molar-refractivity contribution >= 4 is 40.1 Å². The number of fused-ring (bicyclic) bond motifs is 1. The Labute approximate surface area is 163 Å². The summed E-state index contributed by atoms with van der Waals surface area (Å²) in [6.07, 6.45) is 0.0337. The molecule has 1 heterocycles. The van der Waals surface area contributed by atoms with E-state index < -0.39 is 35.9 Å². The third kappa shape index (κ3) is 4.34. The smallest absolute Gasteiger partial charge is 0.326 e. The quantitative estimate of drug-likeness (QED) is 0.661. The lowest BCUT2D eigenvalue weighted by Crippen LogP contribution is -2.33. The molecule has 3 aromatic rings. The number of halogens is 2. The number of hydrogen-bond donors (Lipinski definition) is 1. The normalized spacial score (nSPS) is 11.8. The maximum atomic E-state index is 13.7. The summed E-state index contributed by atoms with van der Waals surface area (Å²) in [6, 6.07) is 10.5. The number of aromatic nitrogens is 2. The highest BCUT2D eigenvalue weighted by molar-refractivity contribution is 6.30. The van der Waals surface area contributed by atoms with E-state index in [1.54, 1.807) is 24.3 Å². The van der Waals surface area contributed by atoms with Crippen LogP contribution in [0.5, 0.6) is 0 Å². The van der Waals surface area contributed by atoms with Crippen LogP contribution < -0.4 is 10.9 Å². The predicted octanol–water partition coefficient (Wildman–Crippen LogP) is 2.76. The number of carbonyl (C=O) groups excluding carboxylic acids is 2. The van der Waals surface area contributed by atoms with Crippen LogP contribution in [0.3, 0.4) is 0 Å². The Morgan fingerprint density at radius 1 is 1.29 bits per heavy atom. The zero-order valence-corrected chi connectivity index (χ0v) is 15.4. The molecule has 9 heteroatoms. The monoisotopic (exact) mass is 403 g/mol. The summed E-state index contributed by atoms with van der Waals surface area (Å²) in [5.41, 5.74) is 0.0185. The summed E-state index contributed by atoms with van der Waals surface area (Å²) in [5.74, 6) is -2.25. The SMILES string of the molecule is C[C@@H](OC(=O)Cn1cnc2ccccc2c1=O)C(=O)Nc1ccc(Cl)cc1F. The number of anilines is 1. The van der Waals surface area contributed by atoms with E-state index >= 15 is 0 Å². The number of nitrogens with zero attached hydrogens (tertiary/aromatic N) is 2. The molecular weight excluding hydrogens is 389 g/mol. The van der Waals surface area contributed by atoms with Gasteiger partial charge in [0.15, 0.2) is 6.10 Å². The average molecular weight is 404 g/mol. The molecule has 28 heavy (non-hydrogen) atoms. The summed E-state index contributed by atoms with van der Waals surface area (Å²) in [4.78, 5) is 40.7. The number of esters is 1. The van der Waals surface area contributed by atoms with Gasteiger partial charge in [-0.25, -0.2) is 9.37 Å². The molecule has 0 aliphatic heterocycles. The van der Waals surface area contributed by atoms with Crippen LogP contribution in [-0.4, -0.2) is 27.5 Å². The summed E-state index contributed by atoms with van der Waals surface area (Å²) in [6.45, 7) is 0.923. The third-order valence-corrected chi connectivity index (χ3v) is 4.13. The van der Waals surface area contributed by atoms with E-state index in [0.29, 0.717) is 10.9 Å². The number of benzene rings is 2. The van der Waals surface area contributed by atoms with Crippen molar-refractivity contribution in [2.45, 2.75) is 19.6 Å². The molecule has 1 amide bonds. The lowest BCUT2D eigenvalue weighted by Gasteiger charge is -2.14. The van der Waals surface area contributed by atoms with Crippen LogP contribution in [0.1, 0.15) is 6.92 Å². The maximum Gasteiger partial charge on any atom is 0.326 e. The number of ether oxygens (including phenoxy) is 1. The molecule has 1 aromatic heterocycles. The van der Waals surface area contributed by atoms with Crippen molar-refractivity contribution < 1.29 is 18.7 Å². The number of hydrogen-bond acceptors (Lipinski definition) is 5. The van der Waals surface area contributed by atoms with Gasteiger partial charge in [0, 0.05) is 5.02 Å². The second-order valence-corrected chi connectivity index (χ2v) is 6.38.